The number of hydrogen-bond acceptors (Lipinski definition) is 5. The van der Waals surface area contributed by atoms with E-state index >= 15 is 0 Å². The summed E-state index contributed by atoms with van der Waals surface area (Å²) in [5, 5.41) is 14.5. The van der Waals surface area contributed by atoms with Crippen molar-refractivity contribution in [3.05, 3.63) is 42.4 Å². The fraction of sp³-hybridized carbons (Fsp3) is 0.409. The number of pyridine rings is 1. The smallest absolute Gasteiger partial charge is 0.255 e. The Labute approximate surface area is 170 Å². The maximum absolute atomic E-state index is 13.1. The molecule has 29 heavy (non-hydrogen) atoms. The Morgan fingerprint density at radius 1 is 1.17 bits per heavy atom. The summed E-state index contributed by atoms with van der Waals surface area (Å²) in [6.45, 7) is 4.13. The minimum atomic E-state index is -0.0864. The first-order chi connectivity index (χ1) is 14.0. The number of fused-ring (bicyclic) bond motifs is 1. The van der Waals surface area contributed by atoms with Crippen LogP contribution in [0.1, 0.15) is 49.9 Å². The van der Waals surface area contributed by atoms with Crippen LogP contribution in [-0.4, -0.2) is 39.2 Å². The predicted octanol–water partition coefficient (Wildman–Crippen LogP) is 3.44. The lowest BCUT2D eigenvalue weighted by Crippen LogP contribution is -2.40. The van der Waals surface area contributed by atoms with Crippen molar-refractivity contribution in [2.75, 3.05) is 5.32 Å². The van der Waals surface area contributed by atoms with Crippen LogP contribution in [0, 0.1) is 0 Å². The summed E-state index contributed by atoms with van der Waals surface area (Å²) in [6.07, 6.45) is 9.06. The molecule has 0 unspecified atom stereocenters. The molecule has 0 atom stereocenters. The topological polar surface area (TPSA) is 109 Å². The molecular weight excluding hydrogens is 364 g/mol. The molecule has 4 rings (SSSR count). The summed E-state index contributed by atoms with van der Waals surface area (Å²) in [4.78, 5) is 17.7. The molecule has 0 saturated heterocycles. The first-order valence-corrected chi connectivity index (χ1v) is 10.3. The monoisotopic (exact) mass is 392 g/mol. The Kier molecular flexibility index (Phi) is 5.49. The number of carbonyl (C=O) groups excluding carboxylic acids is 1. The molecule has 7 nitrogen and oxygen atoms in total. The molecule has 3 aromatic rings. The van der Waals surface area contributed by atoms with E-state index in [1.54, 1.807) is 12.4 Å². The van der Waals surface area contributed by atoms with Crippen LogP contribution in [0.15, 0.2) is 36.8 Å². The highest BCUT2D eigenvalue weighted by atomic mass is 16.1. The second-order valence-corrected chi connectivity index (χ2v) is 8.15. The van der Waals surface area contributed by atoms with E-state index in [4.69, 9.17) is 5.73 Å². The molecule has 1 amide bonds. The van der Waals surface area contributed by atoms with Crippen LogP contribution in [0.3, 0.4) is 0 Å². The molecule has 1 aromatic carbocycles. The van der Waals surface area contributed by atoms with Crippen molar-refractivity contribution in [2.45, 2.75) is 57.7 Å². The van der Waals surface area contributed by atoms with Gasteiger partial charge in [-0.2, -0.15) is 5.10 Å². The van der Waals surface area contributed by atoms with Crippen molar-refractivity contribution in [3.8, 4) is 11.1 Å². The largest absolute Gasteiger partial charge is 0.382 e. The van der Waals surface area contributed by atoms with E-state index in [1.165, 1.54) is 0 Å². The number of anilines is 1. The number of nitrogens with one attached hydrogen (secondary N) is 3. The van der Waals surface area contributed by atoms with Crippen molar-refractivity contribution in [1.82, 2.24) is 20.5 Å². The normalized spacial score (nSPS) is 19.4. The SMILES string of the molecule is CC(C)Nc1c(C(=O)N[C@H]2CC[C@H](N)CC2)cnc2ccc(-c3cn[nH]c3)cc12. The summed E-state index contributed by atoms with van der Waals surface area (Å²) in [7, 11) is 0. The van der Waals surface area contributed by atoms with E-state index < -0.39 is 0 Å². The zero-order valence-electron chi connectivity index (χ0n) is 16.9. The van der Waals surface area contributed by atoms with Gasteiger partial charge >= 0.3 is 0 Å². The van der Waals surface area contributed by atoms with Crippen LogP contribution in [-0.2, 0) is 0 Å². The van der Waals surface area contributed by atoms with Gasteiger partial charge in [0.1, 0.15) is 0 Å². The maximum atomic E-state index is 13.1. The number of H-pyrrole nitrogens is 1. The molecule has 7 heteroatoms. The zero-order chi connectivity index (χ0) is 20.4. The number of nitrogens with zero attached hydrogens (tertiary/aromatic N) is 2. The lowest BCUT2D eigenvalue weighted by Gasteiger charge is -2.27. The highest BCUT2D eigenvalue weighted by Gasteiger charge is 2.23. The maximum Gasteiger partial charge on any atom is 0.255 e. The predicted molar refractivity (Wildman–Crippen MR) is 116 cm³/mol. The number of carbonyl (C=O) groups is 1. The lowest BCUT2D eigenvalue weighted by atomic mass is 9.91. The molecule has 1 aliphatic carbocycles. The van der Waals surface area contributed by atoms with Crippen LogP contribution < -0.4 is 16.4 Å². The third-order valence-electron chi connectivity index (χ3n) is 5.48. The highest BCUT2D eigenvalue weighted by molar-refractivity contribution is 6.08. The molecule has 152 valence electrons. The van der Waals surface area contributed by atoms with Gasteiger partial charge < -0.3 is 16.4 Å². The average molecular weight is 393 g/mol. The molecule has 2 heterocycles. The van der Waals surface area contributed by atoms with Crippen LogP contribution >= 0.6 is 0 Å². The number of hydrogen-bond donors (Lipinski definition) is 4. The lowest BCUT2D eigenvalue weighted by molar-refractivity contribution is 0.0926. The van der Waals surface area contributed by atoms with Crippen molar-refractivity contribution in [2.24, 2.45) is 5.73 Å². The van der Waals surface area contributed by atoms with E-state index in [9.17, 15) is 4.79 Å². The fourth-order valence-corrected chi connectivity index (χ4v) is 3.92. The van der Waals surface area contributed by atoms with Crippen LogP contribution in [0.4, 0.5) is 5.69 Å². The van der Waals surface area contributed by atoms with Gasteiger partial charge in [-0.1, -0.05) is 6.07 Å². The molecule has 0 radical (unpaired) electrons. The minimum Gasteiger partial charge on any atom is -0.382 e. The van der Waals surface area contributed by atoms with Gasteiger partial charge in [-0.05, 0) is 57.2 Å². The second-order valence-electron chi connectivity index (χ2n) is 8.15. The molecule has 1 saturated carbocycles. The number of aromatic nitrogens is 3. The summed E-state index contributed by atoms with van der Waals surface area (Å²) >= 11 is 0. The molecule has 5 N–H and O–H groups in total. The van der Waals surface area contributed by atoms with Gasteiger partial charge in [0.05, 0.1) is 23.0 Å². The number of benzene rings is 1. The summed E-state index contributed by atoms with van der Waals surface area (Å²) in [6, 6.07) is 6.66. The summed E-state index contributed by atoms with van der Waals surface area (Å²) < 4.78 is 0. The van der Waals surface area contributed by atoms with Gasteiger partial charge in [0.2, 0.25) is 0 Å². The standard InChI is InChI=1S/C22H28N6O/c1-13(2)27-21-18-9-14(15-10-25-26-11-15)3-8-20(18)24-12-19(21)22(29)28-17-6-4-16(23)5-7-17/h3,8-13,16-17H,4-7,23H2,1-2H3,(H,24,27)(H,25,26)(H,28,29)/t16-,17-. The Bertz CT molecular complexity index is 990. The first-order valence-electron chi connectivity index (χ1n) is 10.3. The molecule has 2 aromatic heterocycles. The van der Waals surface area contributed by atoms with Gasteiger partial charge in [0.25, 0.3) is 5.91 Å². The van der Waals surface area contributed by atoms with Gasteiger partial charge in [-0.25, -0.2) is 0 Å². The van der Waals surface area contributed by atoms with Crippen LogP contribution in [0.5, 0.6) is 0 Å². The number of aromatic amines is 1. The second kappa shape index (κ2) is 8.21. The van der Waals surface area contributed by atoms with E-state index in [0.29, 0.717) is 5.56 Å². The third kappa shape index (κ3) is 4.24. The Hall–Kier alpha value is -2.93. The molecular formula is C22H28N6O. The summed E-state index contributed by atoms with van der Waals surface area (Å²) in [5.41, 5.74) is 10.3. The Morgan fingerprint density at radius 2 is 1.97 bits per heavy atom. The van der Waals surface area contributed by atoms with E-state index in [2.05, 4.69) is 45.7 Å². The van der Waals surface area contributed by atoms with Crippen LogP contribution in [0.25, 0.3) is 22.0 Å². The van der Waals surface area contributed by atoms with Crippen molar-refractivity contribution < 1.29 is 4.79 Å². The van der Waals surface area contributed by atoms with E-state index in [0.717, 1.165) is 53.4 Å². The number of nitrogens with two attached hydrogens (primary N) is 1. The number of amides is 1. The third-order valence-corrected chi connectivity index (χ3v) is 5.48. The van der Waals surface area contributed by atoms with E-state index in [-0.39, 0.29) is 24.0 Å². The number of rotatable bonds is 5. The van der Waals surface area contributed by atoms with Crippen molar-refractivity contribution >= 4 is 22.5 Å². The Morgan fingerprint density at radius 3 is 2.66 bits per heavy atom. The average Bonchev–Trinajstić information content (AvgIpc) is 3.24. The van der Waals surface area contributed by atoms with Gasteiger partial charge in [0.15, 0.2) is 0 Å². The Balaban J connectivity index is 1.71. The highest BCUT2D eigenvalue weighted by Crippen LogP contribution is 2.31. The fourth-order valence-electron chi connectivity index (χ4n) is 3.92. The zero-order valence-corrected chi connectivity index (χ0v) is 16.9. The van der Waals surface area contributed by atoms with Gasteiger partial charge in [-0.15, -0.1) is 0 Å². The van der Waals surface area contributed by atoms with Gasteiger partial charge in [-0.3, -0.25) is 14.9 Å². The molecule has 0 aliphatic heterocycles. The van der Waals surface area contributed by atoms with Crippen LogP contribution in [0.2, 0.25) is 0 Å². The van der Waals surface area contributed by atoms with E-state index in [1.807, 2.05) is 18.3 Å². The summed E-state index contributed by atoms with van der Waals surface area (Å²) in [5.74, 6) is -0.0864. The van der Waals surface area contributed by atoms with Crippen molar-refractivity contribution in [3.63, 3.8) is 0 Å². The van der Waals surface area contributed by atoms with Crippen molar-refractivity contribution in [1.29, 1.82) is 0 Å². The molecule has 1 fully saturated rings. The molecule has 0 bridgehead atoms. The quantitative estimate of drug-likeness (QED) is 0.532. The molecule has 0 spiro atoms. The van der Waals surface area contributed by atoms with Gasteiger partial charge in [0, 0.05) is 41.5 Å². The first kappa shape index (κ1) is 19.4. The minimum absolute atomic E-state index is 0.0864. The molecule has 1 aliphatic rings.